The summed E-state index contributed by atoms with van der Waals surface area (Å²) in [5.41, 5.74) is 0.293. The van der Waals surface area contributed by atoms with Gasteiger partial charge in [-0.2, -0.15) is 0 Å². The van der Waals surface area contributed by atoms with Crippen LogP contribution in [0, 0.1) is 0 Å². The van der Waals surface area contributed by atoms with Crippen molar-refractivity contribution in [1.29, 1.82) is 0 Å². The molecule has 0 saturated heterocycles. The second kappa shape index (κ2) is 5.41. The molecule has 0 aromatic heterocycles. The number of fused-ring (bicyclic) bond motifs is 1. The molecule has 1 aliphatic rings. The van der Waals surface area contributed by atoms with Gasteiger partial charge in [-0.05, 0) is 34.5 Å². The molecule has 104 valence electrons. The predicted molar refractivity (Wildman–Crippen MR) is 79.7 cm³/mol. The number of nitrogens with one attached hydrogen (secondary N) is 1. The molecule has 0 radical (unpaired) electrons. The SMILES string of the molecule is CCCCN1C(=O)Nc2c(Br)cc(Br)cc2S1(=O)=O. The average Bonchev–Trinajstić information content (AvgIpc) is 2.31. The number of amides is 2. The van der Waals surface area contributed by atoms with E-state index in [-0.39, 0.29) is 11.4 Å². The lowest BCUT2D eigenvalue weighted by Gasteiger charge is -2.29. The summed E-state index contributed by atoms with van der Waals surface area (Å²) in [5.74, 6) is 0. The van der Waals surface area contributed by atoms with Crippen molar-refractivity contribution in [3.05, 3.63) is 21.1 Å². The Balaban J connectivity index is 2.56. The van der Waals surface area contributed by atoms with Gasteiger partial charge in [-0.3, -0.25) is 0 Å². The Morgan fingerprint density at radius 3 is 2.63 bits per heavy atom. The zero-order valence-corrected chi connectivity index (χ0v) is 14.1. The van der Waals surface area contributed by atoms with Crippen LogP contribution in [-0.2, 0) is 10.0 Å². The lowest BCUT2D eigenvalue weighted by molar-refractivity contribution is 0.234. The molecule has 0 bridgehead atoms. The minimum Gasteiger partial charge on any atom is -0.305 e. The van der Waals surface area contributed by atoms with E-state index in [0.29, 0.717) is 21.1 Å². The van der Waals surface area contributed by atoms with Gasteiger partial charge < -0.3 is 5.32 Å². The first kappa shape index (κ1) is 14.8. The fourth-order valence-corrected chi connectivity index (χ4v) is 4.97. The molecule has 2 amide bonds. The first-order valence-electron chi connectivity index (χ1n) is 5.70. The highest BCUT2D eigenvalue weighted by atomic mass is 79.9. The minimum atomic E-state index is -3.79. The Hall–Kier alpha value is -0.600. The highest BCUT2D eigenvalue weighted by molar-refractivity contribution is 9.11. The van der Waals surface area contributed by atoms with Crippen molar-refractivity contribution in [2.75, 3.05) is 11.9 Å². The summed E-state index contributed by atoms with van der Waals surface area (Å²) in [4.78, 5) is 12.0. The molecule has 5 nitrogen and oxygen atoms in total. The quantitative estimate of drug-likeness (QED) is 0.826. The molecule has 2 rings (SSSR count). The molecular weight excluding hydrogens is 400 g/mol. The Labute approximate surface area is 128 Å². The van der Waals surface area contributed by atoms with E-state index < -0.39 is 16.1 Å². The molecule has 0 unspecified atom stereocenters. The van der Waals surface area contributed by atoms with E-state index in [2.05, 4.69) is 37.2 Å². The van der Waals surface area contributed by atoms with Crippen LogP contribution in [0.25, 0.3) is 0 Å². The molecule has 19 heavy (non-hydrogen) atoms. The predicted octanol–water partition coefficient (Wildman–Crippen LogP) is 3.55. The number of halogens is 2. The highest BCUT2D eigenvalue weighted by Gasteiger charge is 2.37. The number of carbonyl (C=O) groups is 1. The summed E-state index contributed by atoms with van der Waals surface area (Å²) < 4.78 is 26.9. The number of carbonyl (C=O) groups excluding carboxylic acids is 1. The second-order valence-corrected chi connectivity index (χ2v) is 7.72. The van der Waals surface area contributed by atoms with Gasteiger partial charge in [0.2, 0.25) is 0 Å². The van der Waals surface area contributed by atoms with Gasteiger partial charge in [0, 0.05) is 15.5 Å². The van der Waals surface area contributed by atoms with Crippen molar-refractivity contribution in [1.82, 2.24) is 4.31 Å². The standard InChI is InChI=1S/C11H12Br2N2O3S/c1-2-3-4-15-11(16)14-10-8(13)5-7(12)6-9(10)19(15,17)18/h5-6H,2-4H2,1H3,(H,14,16). The Kier molecular flexibility index (Phi) is 4.22. The van der Waals surface area contributed by atoms with Gasteiger partial charge >= 0.3 is 6.03 Å². The monoisotopic (exact) mass is 410 g/mol. The van der Waals surface area contributed by atoms with Gasteiger partial charge in [0.15, 0.2) is 0 Å². The molecule has 1 heterocycles. The second-order valence-electron chi connectivity index (χ2n) is 4.12. The Morgan fingerprint density at radius 1 is 1.32 bits per heavy atom. The Morgan fingerprint density at radius 2 is 2.00 bits per heavy atom. The average molecular weight is 412 g/mol. The van der Waals surface area contributed by atoms with E-state index in [1.807, 2.05) is 6.92 Å². The van der Waals surface area contributed by atoms with Crippen molar-refractivity contribution in [3.8, 4) is 0 Å². The fraction of sp³-hybridized carbons (Fsp3) is 0.364. The van der Waals surface area contributed by atoms with Crippen LogP contribution < -0.4 is 5.32 Å². The summed E-state index contributed by atoms with van der Waals surface area (Å²) in [6.07, 6.45) is 1.45. The largest absolute Gasteiger partial charge is 0.335 e. The third-order valence-corrected chi connectivity index (χ3v) is 5.65. The first-order chi connectivity index (χ1) is 8.87. The van der Waals surface area contributed by atoms with E-state index in [9.17, 15) is 13.2 Å². The molecule has 1 aliphatic heterocycles. The van der Waals surface area contributed by atoms with Gasteiger partial charge in [0.05, 0.1) is 5.69 Å². The van der Waals surface area contributed by atoms with Crippen molar-refractivity contribution in [3.63, 3.8) is 0 Å². The van der Waals surface area contributed by atoms with Gasteiger partial charge in [-0.15, -0.1) is 0 Å². The van der Waals surface area contributed by atoms with Crippen LogP contribution in [0.4, 0.5) is 10.5 Å². The van der Waals surface area contributed by atoms with E-state index in [1.165, 1.54) is 6.07 Å². The van der Waals surface area contributed by atoms with Gasteiger partial charge in [0.1, 0.15) is 4.90 Å². The summed E-state index contributed by atoms with van der Waals surface area (Å²) >= 11 is 6.51. The lowest BCUT2D eigenvalue weighted by Crippen LogP contribution is -2.44. The number of hydrogen-bond donors (Lipinski definition) is 1. The topological polar surface area (TPSA) is 66.5 Å². The number of rotatable bonds is 3. The van der Waals surface area contributed by atoms with Crippen LogP contribution in [0.3, 0.4) is 0 Å². The first-order valence-corrected chi connectivity index (χ1v) is 8.73. The third-order valence-electron chi connectivity index (χ3n) is 2.76. The van der Waals surface area contributed by atoms with Gasteiger partial charge in [0.25, 0.3) is 10.0 Å². The molecule has 8 heteroatoms. The molecular formula is C11H12Br2N2O3S. The van der Waals surface area contributed by atoms with Crippen LogP contribution >= 0.6 is 31.9 Å². The van der Waals surface area contributed by atoms with Crippen LogP contribution in [0.15, 0.2) is 26.0 Å². The van der Waals surface area contributed by atoms with Crippen molar-refractivity contribution < 1.29 is 13.2 Å². The maximum absolute atomic E-state index is 12.4. The molecule has 1 aromatic carbocycles. The van der Waals surface area contributed by atoms with Crippen LogP contribution in [-0.4, -0.2) is 25.3 Å². The number of nitrogens with zero attached hydrogens (tertiary/aromatic N) is 1. The van der Waals surface area contributed by atoms with Crippen molar-refractivity contribution in [2.24, 2.45) is 0 Å². The number of unbranched alkanes of at least 4 members (excludes halogenated alkanes) is 1. The minimum absolute atomic E-state index is 0.101. The normalized spacial score (nSPS) is 17.0. The number of benzene rings is 1. The molecule has 0 fully saturated rings. The van der Waals surface area contributed by atoms with E-state index in [0.717, 1.165) is 10.7 Å². The zero-order chi connectivity index (χ0) is 14.2. The summed E-state index contributed by atoms with van der Waals surface area (Å²) in [5, 5.41) is 2.61. The Bertz CT molecular complexity index is 631. The van der Waals surface area contributed by atoms with Crippen LogP contribution in [0.5, 0.6) is 0 Å². The molecule has 0 aliphatic carbocycles. The van der Waals surface area contributed by atoms with Crippen LogP contribution in [0.2, 0.25) is 0 Å². The van der Waals surface area contributed by atoms with Crippen LogP contribution in [0.1, 0.15) is 19.8 Å². The summed E-state index contributed by atoms with van der Waals surface area (Å²) in [6.45, 7) is 2.13. The highest BCUT2D eigenvalue weighted by Crippen LogP contribution is 2.38. The molecule has 1 N–H and O–H groups in total. The maximum atomic E-state index is 12.4. The lowest BCUT2D eigenvalue weighted by atomic mass is 10.3. The smallest absolute Gasteiger partial charge is 0.305 e. The third kappa shape index (κ3) is 2.66. The zero-order valence-electron chi connectivity index (χ0n) is 10.1. The van der Waals surface area contributed by atoms with Crippen molar-refractivity contribution >= 4 is 53.6 Å². The fourth-order valence-electron chi connectivity index (χ4n) is 1.80. The molecule has 0 spiro atoms. The number of hydrogen-bond acceptors (Lipinski definition) is 3. The van der Waals surface area contributed by atoms with E-state index >= 15 is 0 Å². The summed E-state index contributed by atoms with van der Waals surface area (Å²) in [7, 11) is -3.79. The molecule has 1 aromatic rings. The van der Waals surface area contributed by atoms with E-state index in [4.69, 9.17) is 0 Å². The van der Waals surface area contributed by atoms with Crippen molar-refractivity contribution in [2.45, 2.75) is 24.7 Å². The molecule has 0 saturated carbocycles. The van der Waals surface area contributed by atoms with Gasteiger partial charge in [-0.1, -0.05) is 29.3 Å². The summed E-state index contributed by atoms with van der Waals surface area (Å²) in [6, 6.07) is 2.58. The van der Waals surface area contributed by atoms with Gasteiger partial charge in [-0.25, -0.2) is 17.5 Å². The maximum Gasteiger partial charge on any atom is 0.335 e. The molecule has 0 atom stereocenters. The number of anilines is 1. The number of sulfonamides is 1. The van der Waals surface area contributed by atoms with E-state index in [1.54, 1.807) is 6.07 Å². The number of urea groups is 1.